The Morgan fingerprint density at radius 2 is 1.68 bits per heavy atom. The molecule has 0 radical (unpaired) electrons. The van der Waals surface area contributed by atoms with E-state index in [0.717, 1.165) is 16.7 Å². The Kier molecular flexibility index (Phi) is 7.22. The number of ether oxygens (including phenoxy) is 2. The molecule has 40 heavy (non-hydrogen) atoms. The van der Waals surface area contributed by atoms with Gasteiger partial charge in [0, 0.05) is 5.92 Å². The van der Waals surface area contributed by atoms with Crippen LogP contribution in [0.1, 0.15) is 23.1 Å². The molecule has 0 unspecified atom stereocenters. The Morgan fingerprint density at radius 1 is 1.02 bits per heavy atom. The van der Waals surface area contributed by atoms with Crippen molar-refractivity contribution in [3.05, 3.63) is 114 Å². The highest BCUT2D eigenvalue weighted by atomic mass is 16.5. The molecule has 0 aromatic heterocycles. The number of anilines is 1. The first-order chi connectivity index (χ1) is 19.3. The average Bonchev–Trinajstić information content (AvgIpc) is 3.20. The molecular formula is C33H32N2O5. The summed E-state index contributed by atoms with van der Waals surface area (Å²) in [5.41, 5.74) is 5.93. The molecule has 0 saturated carbocycles. The van der Waals surface area contributed by atoms with Crippen LogP contribution in [0.3, 0.4) is 0 Å². The summed E-state index contributed by atoms with van der Waals surface area (Å²) in [5, 5.41) is 11.5. The summed E-state index contributed by atoms with van der Waals surface area (Å²) >= 11 is 0. The van der Waals surface area contributed by atoms with Crippen LogP contribution >= 0.6 is 0 Å². The lowest BCUT2D eigenvalue weighted by Gasteiger charge is -2.41. The van der Waals surface area contributed by atoms with Gasteiger partial charge in [-0.2, -0.15) is 5.01 Å². The van der Waals surface area contributed by atoms with Gasteiger partial charge >= 0.3 is 0 Å². The molecule has 1 heterocycles. The number of carbonyl (C=O) groups is 2. The Bertz CT molecular complexity index is 1480. The molecule has 5 rings (SSSR count). The number of nitrogens with one attached hydrogen (secondary N) is 1. The van der Waals surface area contributed by atoms with Gasteiger partial charge in [0.1, 0.15) is 0 Å². The highest BCUT2D eigenvalue weighted by Crippen LogP contribution is 2.54. The minimum Gasteiger partial charge on any atom is -0.502 e. The molecule has 0 bridgehead atoms. The first-order valence-electron chi connectivity index (χ1n) is 13.1. The number of benzene rings is 3. The van der Waals surface area contributed by atoms with Crippen molar-refractivity contribution in [3.8, 4) is 17.2 Å². The van der Waals surface area contributed by atoms with Gasteiger partial charge in [-0.15, -0.1) is 0 Å². The maximum Gasteiger partial charge on any atom is 0.260 e. The van der Waals surface area contributed by atoms with E-state index < -0.39 is 17.3 Å². The molecular weight excluding hydrogens is 504 g/mol. The molecule has 3 aromatic rings. The lowest BCUT2D eigenvalue weighted by atomic mass is 9.57. The number of aryl methyl sites for hydroxylation is 1. The number of carbonyl (C=O) groups excluding carboxylic acids is 2. The van der Waals surface area contributed by atoms with Crippen molar-refractivity contribution in [1.29, 1.82) is 0 Å². The van der Waals surface area contributed by atoms with E-state index in [-0.39, 0.29) is 29.1 Å². The van der Waals surface area contributed by atoms with Crippen LogP contribution in [0.5, 0.6) is 17.2 Å². The molecule has 1 aliphatic carbocycles. The summed E-state index contributed by atoms with van der Waals surface area (Å²) in [6, 6.07) is 20.4. The third kappa shape index (κ3) is 4.33. The van der Waals surface area contributed by atoms with Crippen molar-refractivity contribution in [2.45, 2.75) is 18.8 Å². The van der Waals surface area contributed by atoms with E-state index in [1.54, 1.807) is 18.2 Å². The van der Waals surface area contributed by atoms with Crippen LogP contribution < -0.4 is 14.9 Å². The van der Waals surface area contributed by atoms with E-state index in [4.69, 9.17) is 9.47 Å². The Morgan fingerprint density at radius 3 is 2.27 bits per heavy atom. The molecule has 3 atom stereocenters. The quantitative estimate of drug-likeness (QED) is 0.353. The second-order valence-corrected chi connectivity index (χ2v) is 10.00. The molecule has 3 aromatic carbocycles. The largest absolute Gasteiger partial charge is 0.502 e. The SMILES string of the molecule is C=CC1=CC[C@H]2C(=O)N(Nc3ccc(C)cc3)C(=O)[C@@]2(c2ccccc2)[C@H]1C=Cc1cc(OC)c(O)c(OC)c1. The van der Waals surface area contributed by atoms with Gasteiger partial charge in [0.15, 0.2) is 11.5 Å². The highest BCUT2D eigenvalue weighted by Gasteiger charge is 2.64. The third-order valence-corrected chi connectivity index (χ3v) is 7.83. The maximum atomic E-state index is 14.5. The van der Waals surface area contributed by atoms with Gasteiger partial charge in [-0.25, -0.2) is 0 Å². The predicted octanol–water partition coefficient (Wildman–Crippen LogP) is 5.81. The number of rotatable bonds is 8. The van der Waals surface area contributed by atoms with Gasteiger partial charge in [-0.1, -0.05) is 78.9 Å². The van der Waals surface area contributed by atoms with Crippen molar-refractivity contribution in [1.82, 2.24) is 5.01 Å². The minimum absolute atomic E-state index is 0.0956. The summed E-state index contributed by atoms with van der Waals surface area (Å²) in [4.78, 5) is 28.5. The molecule has 1 fully saturated rings. The number of hydrogen-bond donors (Lipinski definition) is 2. The number of hydrogen-bond acceptors (Lipinski definition) is 6. The number of aromatic hydroxyl groups is 1. The van der Waals surface area contributed by atoms with Gasteiger partial charge in [-0.05, 0) is 54.3 Å². The first-order valence-corrected chi connectivity index (χ1v) is 13.1. The Labute approximate surface area is 234 Å². The zero-order valence-corrected chi connectivity index (χ0v) is 22.8. The van der Waals surface area contributed by atoms with Crippen molar-refractivity contribution in [2.75, 3.05) is 19.6 Å². The average molecular weight is 537 g/mol. The molecule has 7 heteroatoms. The number of amides is 2. The summed E-state index contributed by atoms with van der Waals surface area (Å²) < 4.78 is 10.6. The zero-order valence-electron chi connectivity index (χ0n) is 22.8. The lowest BCUT2D eigenvalue weighted by molar-refractivity contribution is -0.138. The topological polar surface area (TPSA) is 88.1 Å². The third-order valence-electron chi connectivity index (χ3n) is 7.83. The fourth-order valence-electron chi connectivity index (χ4n) is 5.84. The van der Waals surface area contributed by atoms with Crippen LogP contribution in [0, 0.1) is 18.8 Å². The van der Waals surface area contributed by atoms with Gasteiger partial charge in [0.05, 0.1) is 31.2 Å². The lowest BCUT2D eigenvalue weighted by Crippen LogP contribution is -2.49. The smallest absolute Gasteiger partial charge is 0.260 e. The van der Waals surface area contributed by atoms with Crippen LogP contribution in [0.25, 0.3) is 6.08 Å². The number of phenols is 1. The molecule has 7 nitrogen and oxygen atoms in total. The van der Waals surface area contributed by atoms with Crippen LogP contribution in [0.2, 0.25) is 0 Å². The summed E-state index contributed by atoms with van der Waals surface area (Å²) in [6.07, 6.45) is 7.93. The maximum absolute atomic E-state index is 14.5. The van der Waals surface area contributed by atoms with Gasteiger partial charge in [0.2, 0.25) is 5.75 Å². The van der Waals surface area contributed by atoms with Gasteiger partial charge in [0.25, 0.3) is 11.8 Å². The fourth-order valence-corrected chi connectivity index (χ4v) is 5.84. The van der Waals surface area contributed by atoms with Gasteiger partial charge in [-0.3, -0.25) is 15.0 Å². The summed E-state index contributed by atoms with van der Waals surface area (Å²) in [6.45, 7) is 6.01. The number of phenolic OH excluding ortho intramolecular Hbond substituents is 1. The second kappa shape index (κ2) is 10.8. The van der Waals surface area contributed by atoms with E-state index in [2.05, 4.69) is 12.0 Å². The normalized spacial score (nSPS) is 22.2. The zero-order chi connectivity index (χ0) is 28.4. The van der Waals surface area contributed by atoms with E-state index in [0.29, 0.717) is 17.7 Å². The van der Waals surface area contributed by atoms with Crippen molar-refractivity contribution in [3.63, 3.8) is 0 Å². The molecule has 1 aliphatic heterocycles. The highest BCUT2D eigenvalue weighted by molar-refractivity contribution is 6.12. The number of methoxy groups -OCH3 is 2. The monoisotopic (exact) mass is 536 g/mol. The molecule has 204 valence electrons. The van der Waals surface area contributed by atoms with Crippen LogP contribution in [0.15, 0.2) is 97.1 Å². The number of allylic oxidation sites excluding steroid dienone is 4. The van der Waals surface area contributed by atoms with E-state index >= 15 is 0 Å². The summed E-state index contributed by atoms with van der Waals surface area (Å²) in [5.74, 6) is -1.29. The van der Waals surface area contributed by atoms with Crippen molar-refractivity contribution >= 4 is 23.6 Å². The van der Waals surface area contributed by atoms with E-state index in [1.807, 2.05) is 79.7 Å². The Hall–Kier alpha value is -4.78. The number of fused-ring (bicyclic) bond motifs is 1. The molecule has 2 aliphatic rings. The standard InChI is InChI=1S/C33H32N2O5/c1-5-23-14-18-27-31(37)35(34-25-15-11-21(2)12-16-25)32(38)33(27,24-9-7-6-8-10-24)26(23)17-13-22-19-28(39-3)30(36)29(20-22)40-4/h5-17,19-20,26-27,34,36H,1,18H2,2-4H3/t26-,27-,33-/m0/s1. The number of hydrazine groups is 1. The number of nitrogens with zero attached hydrogens (tertiary/aromatic N) is 1. The summed E-state index contributed by atoms with van der Waals surface area (Å²) in [7, 11) is 2.93. The second-order valence-electron chi connectivity index (χ2n) is 10.00. The molecule has 0 spiro atoms. The van der Waals surface area contributed by atoms with Crippen LogP contribution in [-0.2, 0) is 15.0 Å². The molecule has 1 saturated heterocycles. The molecule has 2 amide bonds. The first kappa shape index (κ1) is 26.8. The van der Waals surface area contributed by atoms with E-state index in [1.165, 1.54) is 19.2 Å². The minimum atomic E-state index is -1.20. The number of imide groups is 1. The van der Waals surface area contributed by atoms with Crippen LogP contribution in [-0.4, -0.2) is 36.1 Å². The van der Waals surface area contributed by atoms with Crippen molar-refractivity contribution < 1.29 is 24.2 Å². The Balaban J connectivity index is 1.65. The van der Waals surface area contributed by atoms with Gasteiger partial charge < -0.3 is 14.6 Å². The molecule has 2 N–H and O–H groups in total. The van der Waals surface area contributed by atoms with Crippen LogP contribution in [0.4, 0.5) is 5.69 Å². The predicted molar refractivity (Wildman–Crippen MR) is 155 cm³/mol. The van der Waals surface area contributed by atoms with E-state index in [9.17, 15) is 14.7 Å². The van der Waals surface area contributed by atoms with Crippen molar-refractivity contribution in [2.24, 2.45) is 11.8 Å². The fraction of sp³-hybridized carbons (Fsp3) is 0.212.